The predicted octanol–water partition coefficient (Wildman–Crippen LogP) is 2.37. The average Bonchev–Trinajstić information content (AvgIpc) is 3.51. The van der Waals surface area contributed by atoms with Crippen LogP contribution in [0.25, 0.3) is 0 Å². The first-order valence-electron chi connectivity index (χ1n) is 10.7. The molecule has 0 bridgehead atoms. The second-order valence-electron chi connectivity index (χ2n) is 10.3. The van der Waals surface area contributed by atoms with Crippen molar-refractivity contribution in [2.45, 2.75) is 71.6 Å². The summed E-state index contributed by atoms with van der Waals surface area (Å²) >= 11 is 0. The summed E-state index contributed by atoms with van der Waals surface area (Å²) in [6, 6.07) is -0.909. The fourth-order valence-electron chi connectivity index (χ4n) is 5.59. The zero-order valence-electron chi connectivity index (χ0n) is 18.7. The molecule has 1 spiro atoms. The van der Waals surface area contributed by atoms with Crippen LogP contribution in [0.5, 0.6) is 0 Å². The van der Waals surface area contributed by atoms with Crippen LogP contribution in [-0.2, 0) is 19.1 Å². The zero-order valence-corrected chi connectivity index (χ0v) is 18.7. The lowest BCUT2D eigenvalue weighted by molar-refractivity contribution is -0.143. The molecule has 2 saturated carbocycles. The smallest absolute Gasteiger partial charge is 0.240 e. The van der Waals surface area contributed by atoms with Crippen molar-refractivity contribution in [2.24, 2.45) is 22.2 Å². The van der Waals surface area contributed by atoms with Crippen LogP contribution in [0.4, 0.5) is 0 Å². The SMILES string of the molecule is C=C[C@@H]1C[C@]1(CC(=O)[C@H]1N(C(=O)[C@@H](NC)C(C)(C)C)C[C@H](OC)C12CC2)C(C)=O. The number of ether oxygens (including phenoxy) is 1. The van der Waals surface area contributed by atoms with E-state index >= 15 is 0 Å². The van der Waals surface area contributed by atoms with Crippen molar-refractivity contribution in [3.8, 4) is 0 Å². The van der Waals surface area contributed by atoms with E-state index in [0.717, 1.165) is 12.8 Å². The number of hydrogen-bond donors (Lipinski definition) is 1. The summed E-state index contributed by atoms with van der Waals surface area (Å²) in [7, 11) is 3.44. The summed E-state index contributed by atoms with van der Waals surface area (Å²) in [5, 5.41) is 3.14. The van der Waals surface area contributed by atoms with Gasteiger partial charge in [-0.25, -0.2) is 0 Å². The van der Waals surface area contributed by atoms with Crippen molar-refractivity contribution in [3.63, 3.8) is 0 Å². The zero-order chi connectivity index (χ0) is 21.8. The summed E-state index contributed by atoms with van der Waals surface area (Å²) in [4.78, 5) is 41.2. The molecule has 1 heterocycles. The third kappa shape index (κ3) is 3.48. The Labute approximate surface area is 174 Å². The molecule has 0 aromatic carbocycles. The fraction of sp³-hybridized carbons (Fsp3) is 0.783. The maximum atomic E-state index is 13.6. The standard InChI is InChI=1S/C23H36N2O4/c1-8-15-11-23(15,14(2)26)12-16(27)19-22(9-10-22)17(29-7)13-25(19)20(28)18(24-6)21(3,4)5/h8,15,17-19,24H,1,9-13H2,2-7H3/t15-,17+,18-,19-,23+/m1/s1. The van der Waals surface area contributed by atoms with Crippen LogP contribution in [0, 0.1) is 22.2 Å². The number of allylic oxidation sites excluding steroid dienone is 1. The molecular weight excluding hydrogens is 368 g/mol. The van der Waals surface area contributed by atoms with E-state index in [4.69, 9.17) is 4.74 Å². The fourth-order valence-corrected chi connectivity index (χ4v) is 5.59. The second kappa shape index (κ2) is 7.31. The van der Waals surface area contributed by atoms with Crippen LogP contribution in [0.1, 0.15) is 53.4 Å². The van der Waals surface area contributed by atoms with Gasteiger partial charge in [-0.3, -0.25) is 14.4 Å². The van der Waals surface area contributed by atoms with E-state index in [1.165, 1.54) is 0 Å². The summed E-state index contributed by atoms with van der Waals surface area (Å²) in [6.45, 7) is 11.9. The molecule has 1 amide bonds. The summed E-state index contributed by atoms with van der Waals surface area (Å²) < 4.78 is 5.73. The molecular formula is C23H36N2O4. The number of carbonyl (C=O) groups is 3. The quantitative estimate of drug-likeness (QED) is 0.629. The molecule has 3 rings (SSSR count). The van der Waals surface area contributed by atoms with Crippen LogP contribution in [0.2, 0.25) is 0 Å². The third-order valence-electron chi connectivity index (χ3n) is 7.57. The maximum Gasteiger partial charge on any atom is 0.240 e. The molecule has 6 nitrogen and oxygen atoms in total. The first kappa shape index (κ1) is 22.2. The van der Waals surface area contributed by atoms with Gasteiger partial charge in [-0.2, -0.15) is 0 Å². The molecule has 0 aromatic heterocycles. The minimum Gasteiger partial charge on any atom is -0.379 e. The lowest BCUT2D eigenvalue weighted by atomic mass is 9.83. The van der Waals surface area contributed by atoms with E-state index in [1.54, 1.807) is 32.1 Å². The highest BCUT2D eigenvalue weighted by Gasteiger charge is 2.67. The highest BCUT2D eigenvalue weighted by molar-refractivity contribution is 5.98. The highest BCUT2D eigenvalue weighted by Crippen LogP contribution is 2.61. The Kier molecular flexibility index (Phi) is 5.59. The van der Waals surface area contributed by atoms with Gasteiger partial charge in [0.25, 0.3) is 0 Å². The largest absolute Gasteiger partial charge is 0.379 e. The molecule has 0 aromatic rings. The number of ketones is 2. The van der Waals surface area contributed by atoms with Crippen LogP contribution < -0.4 is 5.32 Å². The molecule has 162 valence electrons. The predicted molar refractivity (Wildman–Crippen MR) is 111 cm³/mol. The van der Waals surface area contributed by atoms with Gasteiger partial charge in [-0.15, -0.1) is 6.58 Å². The summed E-state index contributed by atoms with van der Waals surface area (Å²) in [5.41, 5.74) is -1.21. The maximum absolute atomic E-state index is 13.6. The van der Waals surface area contributed by atoms with Gasteiger partial charge >= 0.3 is 0 Å². The van der Waals surface area contributed by atoms with Crippen molar-refractivity contribution >= 4 is 17.5 Å². The first-order chi connectivity index (χ1) is 13.5. The van der Waals surface area contributed by atoms with Gasteiger partial charge in [0.2, 0.25) is 5.91 Å². The molecule has 0 unspecified atom stereocenters. The number of carbonyl (C=O) groups excluding carboxylic acids is 3. The van der Waals surface area contributed by atoms with E-state index in [9.17, 15) is 14.4 Å². The number of likely N-dealkylation sites (N-methyl/N-ethyl adjacent to an activating group) is 1. The number of methoxy groups -OCH3 is 1. The molecule has 29 heavy (non-hydrogen) atoms. The topological polar surface area (TPSA) is 75.7 Å². The third-order valence-corrected chi connectivity index (χ3v) is 7.57. The highest BCUT2D eigenvalue weighted by atomic mass is 16.5. The molecule has 0 radical (unpaired) electrons. The molecule has 6 heteroatoms. The van der Waals surface area contributed by atoms with Crippen LogP contribution in [-0.4, -0.2) is 61.3 Å². The summed E-state index contributed by atoms with van der Waals surface area (Å²) in [5.74, 6) is 0.0425. The first-order valence-corrected chi connectivity index (χ1v) is 10.7. The lowest BCUT2D eigenvalue weighted by Crippen LogP contribution is -2.55. The Balaban J connectivity index is 1.91. The Hall–Kier alpha value is -1.53. The van der Waals surface area contributed by atoms with Crippen LogP contribution in [0.3, 0.4) is 0 Å². The molecule has 3 fully saturated rings. The normalized spacial score (nSPS) is 33.4. The molecule has 1 saturated heterocycles. The van der Waals surface area contributed by atoms with E-state index in [-0.39, 0.29) is 46.7 Å². The summed E-state index contributed by atoms with van der Waals surface area (Å²) in [6.07, 6.45) is 4.27. The number of nitrogens with zero attached hydrogens (tertiary/aromatic N) is 1. The number of rotatable bonds is 8. The van der Waals surface area contributed by atoms with Gasteiger partial charge in [-0.1, -0.05) is 26.8 Å². The van der Waals surface area contributed by atoms with Gasteiger partial charge in [0.05, 0.1) is 18.2 Å². The Bertz CT molecular complexity index is 721. The van der Waals surface area contributed by atoms with Crippen molar-refractivity contribution in [1.29, 1.82) is 0 Å². The van der Waals surface area contributed by atoms with Crippen molar-refractivity contribution in [3.05, 3.63) is 12.7 Å². The van der Waals surface area contributed by atoms with Crippen LogP contribution in [0.15, 0.2) is 12.7 Å². The molecule has 5 atom stereocenters. The van der Waals surface area contributed by atoms with Crippen molar-refractivity contribution in [2.75, 3.05) is 20.7 Å². The average molecular weight is 405 g/mol. The monoisotopic (exact) mass is 404 g/mol. The van der Waals surface area contributed by atoms with Gasteiger partial charge in [0, 0.05) is 30.9 Å². The van der Waals surface area contributed by atoms with Gasteiger partial charge in [-0.05, 0) is 44.6 Å². The number of likely N-dealkylation sites (tertiary alicyclic amines) is 1. The van der Waals surface area contributed by atoms with Gasteiger partial charge < -0.3 is 15.0 Å². The van der Waals surface area contributed by atoms with Gasteiger partial charge in [0.1, 0.15) is 5.78 Å². The second-order valence-corrected chi connectivity index (χ2v) is 10.3. The number of amides is 1. The van der Waals surface area contributed by atoms with Gasteiger partial charge in [0.15, 0.2) is 5.78 Å². The minimum absolute atomic E-state index is 0.00119. The van der Waals surface area contributed by atoms with Crippen LogP contribution >= 0.6 is 0 Å². The molecule has 1 aliphatic heterocycles. The Morgan fingerprint density at radius 3 is 2.31 bits per heavy atom. The molecule has 3 aliphatic rings. The van der Waals surface area contributed by atoms with E-state index in [1.807, 2.05) is 20.8 Å². The molecule has 1 N–H and O–H groups in total. The molecule has 2 aliphatic carbocycles. The van der Waals surface area contributed by atoms with E-state index in [2.05, 4.69) is 11.9 Å². The van der Waals surface area contributed by atoms with Crippen molar-refractivity contribution < 1.29 is 19.1 Å². The number of hydrogen-bond acceptors (Lipinski definition) is 5. The Morgan fingerprint density at radius 2 is 1.93 bits per heavy atom. The van der Waals surface area contributed by atoms with E-state index in [0.29, 0.717) is 13.0 Å². The number of Topliss-reactive ketones (excluding diaryl/α,β-unsaturated/α-hetero) is 2. The Morgan fingerprint density at radius 1 is 1.31 bits per heavy atom. The minimum atomic E-state index is -0.624. The van der Waals surface area contributed by atoms with E-state index < -0.39 is 17.5 Å². The number of nitrogens with one attached hydrogen (secondary N) is 1. The lowest BCUT2D eigenvalue weighted by Gasteiger charge is -2.36. The van der Waals surface area contributed by atoms with Crippen molar-refractivity contribution in [1.82, 2.24) is 10.2 Å².